The van der Waals surface area contributed by atoms with Crippen LogP contribution < -0.4 is 5.32 Å². The maximum absolute atomic E-state index is 13.4. The van der Waals surface area contributed by atoms with Gasteiger partial charge in [0.05, 0.1) is 13.5 Å². The third-order valence-corrected chi connectivity index (χ3v) is 4.46. The Kier molecular flexibility index (Phi) is 8.95. The molecule has 0 radical (unpaired) electrons. The molecule has 1 fully saturated rings. The zero-order valence-electron chi connectivity index (χ0n) is 15.0. The lowest BCUT2D eigenvalue weighted by atomic mass is 9.91. The smallest absolute Gasteiger partial charge is 0.307 e. The Morgan fingerprint density at radius 1 is 1.31 bits per heavy atom. The van der Waals surface area contributed by atoms with Gasteiger partial charge < -0.3 is 15.0 Å². The van der Waals surface area contributed by atoms with E-state index in [1.165, 1.54) is 18.1 Å². The van der Waals surface area contributed by atoms with Gasteiger partial charge in [-0.25, -0.2) is 8.78 Å². The number of esters is 1. The average Bonchev–Trinajstić information content (AvgIpc) is 2.60. The number of hydrogen-bond acceptors (Lipinski definition) is 4. The second-order valence-electron chi connectivity index (χ2n) is 6.41. The predicted octanol–water partition coefficient (Wildman–Crippen LogP) is 2.67. The summed E-state index contributed by atoms with van der Waals surface area (Å²) in [6.07, 6.45) is 1.49. The maximum atomic E-state index is 13.4. The van der Waals surface area contributed by atoms with E-state index in [4.69, 9.17) is 0 Å². The van der Waals surface area contributed by atoms with Crippen LogP contribution in [0.4, 0.5) is 8.78 Å². The number of hydrogen-bond donors (Lipinski definition) is 1. The molecule has 0 saturated carbocycles. The van der Waals surface area contributed by atoms with E-state index in [1.54, 1.807) is 0 Å². The molecule has 1 aliphatic heterocycles. The first-order valence-electron chi connectivity index (χ1n) is 8.43. The Labute approximate surface area is 158 Å². The van der Waals surface area contributed by atoms with Crippen LogP contribution in [0.15, 0.2) is 18.2 Å². The number of halogens is 3. The summed E-state index contributed by atoms with van der Waals surface area (Å²) in [7, 11) is 1.29. The lowest BCUT2D eigenvalue weighted by Gasteiger charge is -2.32. The first-order chi connectivity index (χ1) is 11.9. The molecule has 8 heteroatoms. The molecule has 5 nitrogen and oxygen atoms in total. The van der Waals surface area contributed by atoms with Gasteiger partial charge in [-0.3, -0.25) is 9.59 Å². The molecule has 1 aromatic rings. The largest absolute Gasteiger partial charge is 0.469 e. The monoisotopic (exact) mass is 390 g/mol. The minimum atomic E-state index is -0.951. The summed E-state index contributed by atoms with van der Waals surface area (Å²) < 4.78 is 31.2. The number of nitrogens with zero attached hydrogens (tertiary/aromatic N) is 1. The number of nitrogens with one attached hydrogen (secondary N) is 1. The topological polar surface area (TPSA) is 58.6 Å². The number of piperidine rings is 1. The van der Waals surface area contributed by atoms with Crippen molar-refractivity contribution in [3.8, 4) is 0 Å². The van der Waals surface area contributed by atoms with Gasteiger partial charge >= 0.3 is 5.97 Å². The van der Waals surface area contributed by atoms with Crippen LogP contribution in [0.25, 0.3) is 0 Å². The molecule has 2 rings (SSSR count). The van der Waals surface area contributed by atoms with E-state index in [9.17, 15) is 18.4 Å². The van der Waals surface area contributed by atoms with Gasteiger partial charge in [0, 0.05) is 25.0 Å². The van der Waals surface area contributed by atoms with Crippen LogP contribution in [-0.2, 0) is 20.9 Å². The molecule has 1 saturated heterocycles. The quantitative estimate of drug-likeness (QED) is 0.759. The van der Waals surface area contributed by atoms with Crippen LogP contribution in [-0.4, -0.2) is 43.0 Å². The molecule has 1 aliphatic rings. The van der Waals surface area contributed by atoms with Crippen molar-refractivity contribution in [3.05, 3.63) is 35.4 Å². The maximum Gasteiger partial charge on any atom is 0.307 e. The number of benzene rings is 1. The minimum absolute atomic E-state index is 0. The van der Waals surface area contributed by atoms with Gasteiger partial charge in [-0.05, 0) is 44.0 Å². The number of methoxy groups -OCH3 is 1. The van der Waals surface area contributed by atoms with Crippen molar-refractivity contribution in [3.63, 3.8) is 0 Å². The Morgan fingerprint density at radius 2 is 2.04 bits per heavy atom. The third kappa shape index (κ3) is 6.21. The van der Waals surface area contributed by atoms with E-state index in [2.05, 4.69) is 10.1 Å². The van der Waals surface area contributed by atoms with Crippen molar-refractivity contribution in [2.75, 3.05) is 20.2 Å². The summed E-state index contributed by atoms with van der Waals surface area (Å²) in [6, 6.07) is 3.81. The van der Waals surface area contributed by atoms with Gasteiger partial charge in [0.1, 0.15) is 0 Å². The molecule has 0 spiro atoms. The SMILES string of the molecule is COC(=O)CCN(Cc1ccc(F)c(F)c1)C(=O)[C@H]1CCN[C@@H](C)C1.Cl. The minimum Gasteiger partial charge on any atom is -0.469 e. The van der Waals surface area contributed by atoms with Crippen molar-refractivity contribution in [2.24, 2.45) is 5.92 Å². The summed E-state index contributed by atoms with van der Waals surface area (Å²) in [5.74, 6) is -2.50. The second-order valence-corrected chi connectivity index (χ2v) is 6.41. The highest BCUT2D eigenvalue weighted by Crippen LogP contribution is 2.21. The number of amides is 1. The second kappa shape index (κ2) is 10.4. The lowest BCUT2D eigenvalue weighted by molar-refractivity contribution is -0.143. The number of ether oxygens (including phenoxy) is 1. The van der Waals surface area contributed by atoms with Crippen molar-refractivity contribution >= 4 is 24.3 Å². The van der Waals surface area contributed by atoms with Gasteiger partial charge in [0.25, 0.3) is 0 Å². The molecule has 2 atom stereocenters. The number of rotatable bonds is 6. The van der Waals surface area contributed by atoms with E-state index < -0.39 is 17.6 Å². The van der Waals surface area contributed by atoms with Crippen molar-refractivity contribution in [1.82, 2.24) is 10.2 Å². The van der Waals surface area contributed by atoms with E-state index in [0.717, 1.165) is 25.1 Å². The highest BCUT2D eigenvalue weighted by atomic mass is 35.5. The Morgan fingerprint density at radius 3 is 2.65 bits per heavy atom. The zero-order valence-corrected chi connectivity index (χ0v) is 15.8. The van der Waals surface area contributed by atoms with E-state index in [-0.39, 0.29) is 49.8 Å². The fraction of sp³-hybridized carbons (Fsp3) is 0.556. The standard InChI is InChI=1S/C18H24F2N2O3.ClH/c1-12-9-14(5-7-21-12)18(24)22(8-6-17(23)25-2)11-13-3-4-15(19)16(20)10-13;/h3-4,10,12,14,21H,5-9,11H2,1-2H3;1H/t12-,14-;/m0./s1. The molecule has 1 aromatic carbocycles. The van der Waals surface area contributed by atoms with E-state index in [1.807, 2.05) is 6.92 Å². The Bertz CT molecular complexity index is 630. The normalized spacial score (nSPS) is 19.4. The zero-order chi connectivity index (χ0) is 18.4. The van der Waals surface area contributed by atoms with Crippen molar-refractivity contribution < 1.29 is 23.1 Å². The molecule has 0 unspecified atom stereocenters. The Hall–Kier alpha value is -1.73. The third-order valence-electron chi connectivity index (χ3n) is 4.46. The summed E-state index contributed by atoms with van der Waals surface area (Å²) in [5, 5.41) is 3.29. The summed E-state index contributed by atoms with van der Waals surface area (Å²) in [5.41, 5.74) is 0.485. The first kappa shape index (κ1) is 22.3. The summed E-state index contributed by atoms with van der Waals surface area (Å²) in [4.78, 5) is 25.9. The summed E-state index contributed by atoms with van der Waals surface area (Å²) >= 11 is 0. The van der Waals surface area contributed by atoms with Crippen LogP contribution in [0, 0.1) is 17.6 Å². The van der Waals surface area contributed by atoms with Gasteiger partial charge in [-0.2, -0.15) is 0 Å². The average molecular weight is 391 g/mol. The van der Waals surface area contributed by atoms with Gasteiger partial charge in [-0.15, -0.1) is 12.4 Å². The molecule has 1 N–H and O–H groups in total. The molecule has 146 valence electrons. The fourth-order valence-electron chi connectivity index (χ4n) is 3.07. The molecular formula is C18H25ClF2N2O3. The predicted molar refractivity (Wildman–Crippen MR) is 95.8 cm³/mol. The van der Waals surface area contributed by atoms with Crippen LogP contribution in [0.5, 0.6) is 0 Å². The van der Waals surface area contributed by atoms with Crippen molar-refractivity contribution in [1.29, 1.82) is 0 Å². The van der Waals surface area contributed by atoms with Crippen LogP contribution >= 0.6 is 12.4 Å². The van der Waals surface area contributed by atoms with Gasteiger partial charge in [-0.1, -0.05) is 6.07 Å². The van der Waals surface area contributed by atoms with E-state index in [0.29, 0.717) is 12.0 Å². The molecule has 1 amide bonds. The highest BCUT2D eigenvalue weighted by Gasteiger charge is 2.29. The molecule has 1 heterocycles. The van der Waals surface area contributed by atoms with E-state index >= 15 is 0 Å². The van der Waals surface area contributed by atoms with Crippen LogP contribution in [0.1, 0.15) is 31.7 Å². The van der Waals surface area contributed by atoms with Gasteiger partial charge in [0.15, 0.2) is 11.6 Å². The van der Waals surface area contributed by atoms with Crippen LogP contribution in [0.2, 0.25) is 0 Å². The van der Waals surface area contributed by atoms with Crippen LogP contribution in [0.3, 0.4) is 0 Å². The van der Waals surface area contributed by atoms with Crippen molar-refractivity contribution in [2.45, 2.75) is 38.8 Å². The van der Waals surface area contributed by atoms with Gasteiger partial charge in [0.2, 0.25) is 5.91 Å². The fourth-order valence-corrected chi connectivity index (χ4v) is 3.07. The molecular weight excluding hydrogens is 366 g/mol. The molecule has 0 aliphatic carbocycles. The number of carbonyl (C=O) groups is 2. The molecule has 26 heavy (non-hydrogen) atoms. The highest BCUT2D eigenvalue weighted by molar-refractivity contribution is 5.85. The Balaban J connectivity index is 0.00000338. The molecule has 0 aromatic heterocycles. The number of carbonyl (C=O) groups excluding carboxylic acids is 2. The molecule has 0 bridgehead atoms. The summed E-state index contributed by atoms with van der Waals surface area (Å²) in [6.45, 7) is 3.09. The lowest BCUT2D eigenvalue weighted by Crippen LogP contribution is -2.44. The first-order valence-corrected chi connectivity index (χ1v) is 8.43.